The number of halogens is 2. The maximum absolute atomic E-state index is 13.5. The van der Waals surface area contributed by atoms with Crippen molar-refractivity contribution in [2.24, 2.45) is 5.92 Å². The normalized spacial score (nSPS) is 11.1. The third-order valence-electron chi connectivity index (χ3n) is 5.57. The zero-order chi connectivity index (χ0) is 26.2. The molecule has 0 bridgehead atoms. The molecule has 0 saturated heterocycles. The Hall–Kier alpha value is -3.10. The Morgan fingerprint density at radius 1 is 1.03 bits per heavy atom. The van der Waals surface area contributed by atoms with E-state index in [9.17, 15) is 9.59 Å². The van der Waals surface area contributed by atoms with Gasteiger partial charge in [0, 0.05) is 12.3 Å². The van der Waals surface area contributed by atoms with Gasteiger partial charge in [-0.15, -0.1) is 0 Å². The molecule has 2 aromatic carbocycles. The Labute approximate surface area is 220 Å². The summed E-state index contributed by atoms with van der Waals surface area (Å²) in [5.41, 5.74) is 1.04. The van der Waals surface area contributed by atoms with E-state index in [0.29, 0.717) is 52.4 Å². The highest BCUT2D eigenvalue weighted by atomic mass is 35.5. The molecule has 3 rings (SSSR count). The number of nitrogens with one attached hydrogen (secondary N) is 2. The van der Waals surface area contributed by atoms with E-state index in [1.54, 1.807) is 25.3 Å². The third-order valence-corrected chi connectivity index (χ3v) is 6.31. The molecule has 0 unspecified atom stereocenters. The number of methoxy groups -OCH3 is 1. The topological polar surface area (TPSA) is 102 Å². The molecule has 8 nitrogen and oxygen atoms in total. The van der Waals surface area contributed by atoms with E-state index in [2.05, 4.69) is 24.1 Å². The lowest BCUT2D eigenvalue weighted by atomic mass is 10.0. The Morgan fingerprint density at radius 3 is 2.33 bits per heavy atom. The molecule has 0 aliphatic rings. The molecule has 0 aliphatic heterocycles. The first-order chi connectivity index (χ1) is 17.2. The summed E-state index contributed by atoms with van der Waals surface area (Å²) < 4.78 is 7.74. The number of nitrogens with zero attached hydrogens (tertiary/aromatic N) is 3. The maximum Gasteiger partial charge on any atom is 0.355 e. The fraction of sp³-hybridized carbons (Fsp3) is 0.385. The van der Waals surface area contributed by atoms with Crippen LogP contribution in [-0.2, 0) is 13.1 Å². The molecule has 0 saturated carbocycles. The van der Waals surface area contributed by atoms with E-state index in [4.69, 9.17) is 33.3 Å². The third kappa shape index (κ3) is 7.45. The molecule has 0 radical (unpaired) electrons. The van der Waals surface area contributed by atoms with Crippen LogP contribution in [0.4, 0.5) is 5.95 Å². The van der Waals surface area contributed by atoms with Crippen molar-refractivity contribution >= 4 is 34.9 Å². The summed E-state index contributed by atoms with van der Waals surface area (Å²) in [6, 6.07) is 12.3. The fourth-order valence-electron chi connectivity index (χ4n) is 3.77. The molecule has 0 spiro atoms. The first-order valence-electron chi connectivity index (χ1n) is 11.8. The number of ether oxygens (including phenoxy) is 1. The highest BCUT2D eigenvalue weighted by Gasteiger charge is 2.15. The molecule has 0 fully saturated rings. The van der Waals surface area contributed by atoms with Gasteiger partial charge in [0.25, 0.3) is 0 Å². The van der Waals surface area contributed by atoms with Crippen LogP contribution in [0.2, 0.25) is 10.0 Å². The van der Waals surface area contributed by atoms with Crippen LogP contribution in [0, 0.1) is 11.3 Å². The number of anilines is 1. The fourth-order valence-corrected chi connectivity index (χ4v) is 4.09. The Balaban J connectivity index is 1.89. The summed E-state index contributed by atoms with van der Waals surface area (Å²) in [5.74, 6) is 1.34. The zero-order valence-electron chi connectivity index (χ0n) is 20.7. The second-order valence-electron chi connectivity index (χ2n) is 9.00. The second kappa shape index (κ2) is 12.7. The van der Waals surface area contributed by atoms with Crippen molar-refractivity contribution in [1.29, 1.82) is 5.41 Å². The Bertz CT molecular complexity index is 1320. The molecule has 2 N–H and O–H groups in total. The van der Waals surface area contributed by atoms with Gasteiger partial charge in [-0.1, -0.05) is 55.2 Å². The molecule has 10 heteroatoms. The van der Waals surface area contributed by atoms with Crippen molar-refractivity contribution in [3.8, 4) is 5.75 Å². The van der Waals surface area contributed by atoms with Crippen molar-refractivity contribution in [2.75, 3.05) is 19.0 Å². The minimum Gasteiger partial charge on any atom is -0.497 e. The second-order valence-corrected chi connectivity index (χ2v) is 9.82. The average Bonchev–Trinajstić information content (AvgIpc) is 2.84. The summed E-state index contributed by atoms with van der Waals surface area (Å²) in [6.07, 6.45) is 2.09. The number of hydrogen-bond donors (Lipinski definition) is 2. The molecule has 192 valence electrons. The van der Waals surface area contributed by atoms with Gasteiger partial charge in [0.05, 0.1) is 30.2 Å². The number of hydrogen-bond acceptors (Lipinski definition) is 6. The first kappa shape index (κ1) is 27.5. The van der Waals surface area contributed by atoms with Crippen molar-refractivity contribution in [3.05, 3.63) is 84.6 Å². The summed E-state index contributed by atoms with van der Waals surface area (Å²) >= 11 is 12.1. The van der Waals surface area contributed by atoms with Crippen LogP contribution in [0.15, 0.2) is 52.1 Å². The summed E-state index contributed by atoms with van der Waals surface area (Å²) in [4.78, 5) is 30.5. The number of aromatic nitrogens is 3. The molecular formula is C26H31Cl2N5O3. The SMILES string of the molecule is COc1ccc(Cn2c(NCCCC(=N)CC(C)C)nc(=O)n(Cc3ccc(Cl)c(Cl)c3)c2=O)cc1. The van der Waals surface area contributed by atoms with Gasteiger partial charge in [-0.05, 0) is 60.6 Å². The molecule has 0 atom stereocenters. The lowest BCUT2D eigenvalue weighted by Gasteiger charge is -2.16. The highest BCUT2D eigenvalue weighted by molar-refractivity contribution is 6.42. The lowest BCUT2D eigenvalue weighted by Crippen LogP contribution is -2.43. The first-order valence-corrected chi connectivity index (χ1v) is 12.5. The van der Waals surface area contributed by atoms with Crippen LogP contribution < -0.4 is 21.4 Å². The van der Waals surface area contributed by atoms with Crippen LogP contribution in [0.3, 0.4) is 0 Å². The predicted octanol–water partition coefficient (Wildman–Crippen LogP) is 5.07. The van der Waals surface area contributed by atoms with Crippen molar-refractivity contribution < 1.29 is 4.74 Å². The van der Waals surface area contributed by atoms with E-state index in [1.165, 1.54) is 4.57 Å². The standard InChI is InChI=1S/C26H31Cl2N5O3/c1-17(2)13-20(29)5-4-12-30-24-31-25(34)33(16-19-8-11-22(27)23(28)14-19)26(35)32(24)15-18-6-9-21(36-3)10-7-18/h6-11,14,17,29H,4-5,12-13,15-16H2,1-3H3,(H,30,31,34). The van der Waals surface area contributed by atoms with Gasteiger partial charge < -0.3 is 15.5 Å². The van der Waals surface area contributed by atoms with Crippen LogP contribution in [-0.4, -0.2) is 33.5 Å². The minimum atomic E-state index is -0.660. The highest BCUT2D eigenvalue weighted by Crippen LogP contribution is 2.22. The van der Waals surface area contributed by atoms with Crippen molar-refractivity contribution in [3.63, 3.8) is 0 Å². The van der Waals surface area contributed by atoms with E-state index in [0.717, 1.165) is 16.6 Å². The Kier molecular flexibility index (Phi) is 9.73. The number of rotatable bonds is 12. The lowest BCUT2D eigenvalue weighted by molar-refractivity contribution is 0.414. The van der Waals surface area contributed by atoms with E-state index in [1.807, 2.05) is 24.3 Å². The summed E-state index contributed by atoms with van der Waals surface area (Å²) in [7, 11) is 1.59. The van der Waals surface area contributed by atoms with E-state index >= 15 is 0 Å². The predicted molar refractivity (Wildman–Crippen MR) is 145 cm³/mol. The van der Waals surface area contributed by atoms with Crippen LogP contribution >= 0.6 is 23.2 Å². The molecule has 3 aromatic rings. The van der Waals surface area contributed by atoms with Crippen LogP contribution in [0.1, 0.15) is 44.2 Å². The van der Waals surface area contributed by atoms with Crippen LogP contribution in [0.25, 0.3) is 0 Å². The van der Waals surface area contributed by atoms with Gasteiger partial charge in [-0.3, -0.25) is 4.57 Å². The smallest absolute Gasteiger partial charge is 0.355 e. The monoisotopic (exact) mass is 531 g/mol. The van der Waals surface area contributed by atoms with Crippen molar-refractivity contribution in [1.82, 2.24) is 14.1 Å². The maximum atomic E-state index is 13.5. The van der Waals surface area contributed by atoms with Gasteiger partial charge in [-0.25, -0.2) is 14.2 Å². The molecular weight excluding hydrogens is 501 g/mol. The molecule has 0 aliphatic carbocycles. The van der Waals surface area contributed by atoms with E-state index in [-0.39, 0.29) is 19.0 Å². The van der Waals surface area contributed by atoms with E-state index < -0.39 is 11.4 Å². The zero-order valence-corrected chi connectivity index (χ0v) is 22.2. The Morgan fingerprint density at radius 2 is 1.69 bits per heavy atom. The van der Waals surface area contributed by atoms with Gasteiger partial charge in [0.2, 0.25) is 5.95 Å². The van der Waals surface area contributed by atoms with Crippen LogP contribution in [0.5, 0.6) is 5.75 Å². The quantitative estimate of drug-likeness (QED) is 0.250. The average molecular weight is 532 g/mol. The van der Waals surface area contributed by atoms with Gasteiger partial charge >= 0.3 is 11.4 Å². The molecule has 36 heavy (non-hydrogen) atoms. The molecule has 0 amide bonds. The summed E-state index contributed by atoms with van der Waals surface area (Å²) in [5, 5.41) is 11.9. The number of benzene rings is 2. The largest absolute Gasteiger partial charge is 0.497 e. The molecule has 1 heterocycles. The minimum absolute atomic E-state index is 0.0107. The van der Waals surface area contributed by atoms with Crippen molar-refractivity contribution in [2.45, 2.75) is 46.2 Å². The molecule has 1 aromatic heterocycles. The van der Waals surface area contributed by atoms with Gasteiger partial charge in [0.15, 0.2) is 0 Å². The summed E-state index contributed by atoms with van der Waals surface area (Å²) in [6.45, 7) is 4.87. The van der Waals surface area contributed by atoms with Gasteiger partial charge in [0.1, 0.15) is 5.75 Å². The van der Waals surface area contributed by atoms with Gasteiger partial charge in [-0.2, -0.15) is 4.98 Å².